The Morgan fingerprint density at radius 3 is 2.40 bits per heavy atom. The van der Waals surface area contributed by atoms with Gasteiger partial charge < -0.3 is 30.3 Å². The number of carbonyl (C=O) groups excluding carboxylic acids is 5. The zero-order chi connectivity index (χ0) is 37.4. The average molecular weight is 741 g/mol. The maximum atomic E-state index is 13.5. The van der Waals surface area contributed by atoms with Gasteiger partial charge in [0.1, 0.15) is 16.3 Å². The molecule has 0 atom stereocenters. The SMILES string of the molecule is COC(=O)c1c(NC(=O)CSc2cccc(NC(=O)/C(=C\c3cccc(C)c3)NC(=O)c3ccccc3)c2)sc2c1CCN(C(=O)OC(C)(C)C)C2. The molecule has 1 aliphatic rings. The molecule has 2 heterocycles. The molecule has 52 heavy (non-hydrogen) atoms. The molecule has 11 nitrogen and oxygen atoms in total. The number of fused-ring (bicyclic) bond motifs is 1. The summed E-state index contributed by atoms with van der Waals surface area (Å²) in [5.41, 5.74) is 3.08. The van der Waals surface area contributed by atoms with Crippen molar-refractivity contribution in [1.29, 1.82) is 0 Å². The topological polar surface area (TPSA) is 143 Å². The normalized spacial score (nSPS) is 12.7. The third-order valence-electron chi connectivity index (χ3n) is 7.69. The van der Waals surface area contributed by atoms with Crippen molar-refractivity contribution in [3.05, 3.63) is 117 Å². The molecular weight excluding hydrogens is 701 g/mol. The quantitative estimate of drug-likeness (QED) is 0.0875. The van der Waals surface area contributed by atoms with E-state index in [9.17, 15) is 24.0 Å². The summed E-state index contributed by atoms with van der Waals surface area (Å²) >= 11 is 2.48. The Morgan fingerprint density at radius 2 is 1.69 bits per heavy atom. The van der Waals surface area contributed by atoms with Gasteiger partial charge in [-0.2, -0.15) is 0 Å². The highest BCUT2D eigenvalue weighted by Crippen LogP contribution is 2.38. The molecule has 4 amide bonds. The van der Waals surface area contributed by atoms with Crippen LogP contribution in [0, 0.1) is 6.92 Å². The molecule has 270 valence electrons. The Labute approximate surface area is 310 Å². The molecule has 1 aromatic heterocycles. The number of thiophene rings is 1. The zero-order valence-corrected chi connectivity index (χ0v) is 31.2. The third kappa shape index (κ3) is 10.1. The Balaban J connectivity index is 1.25. The predicted octanol–water partition coefficient (Wildman–Crippen LogP) is 7.28. The van der Waals surface area contributed by atoms with Gasteiger partial charge in [0.05, 0.1) is 25.0 Å². The Hall–Kier alpha value is -5.40. The Bertz CT molecular complexity index is 2020. The van der Waals surface area contributed by atoms with Crippen molar-refractivity contribution in [2.45, 2.75) is 51.2 Å². The summed E-state index contributed by atoms with van der Waals surface area (Å²) in [6.07, 6.45) is 1.59. The van der Waals surface area contributed by atoms with Gasteiger partial charge in [-0.05, 0) is 81.7 Å². The van der Waals surface area contributed by atoms with Crippen LogP contribution in [0.4, 0.5) is 15.5 Å². The highest BCUT2D eigenvalue weighted by atomic mass is 32.2. The summed E-state index contributed by atoms with van der Waals surface area (Å²) < 4.78 is 10.6. The minimum atomic E-state index is -0.645. The number of nitrogens with one attached hydrogen (secondary N) is 3. The second-order valence-corrected chi connectivity index (χ2v) is 15.1. The molecule has 0 unspecified atom stereocenters. The number of anilines is 2. The van der Waals surface area contributed by atoms with Crippen LogP contribution in [0.2, 0.25) is 0 Å². The fourth-order valence-electron chi connectivity index (χ4n) is 5.33. The Morgan fingerprint density at radius 1 is 0.942 bits per heavy atom. The molecule has 5 rings (SSSR count). The lowest BCUT2D eigenvalue weighted by atomic mass is 10.0. The fraction of sp³-hybridized carbons (Fsp3) is 0.256. The first-order valence-electron chi connectivity index (χ1n) is 16.5. The monoisotopic (exact) mass is 740 g/mol. The molecule has 3 N–H and O–H groups in total. The van der Waals surface area contributed by atoms with Crippen molar-refractivity contribution in [1.82, 2.24) is 10.2 Å². The summed E-state index contributed by atoms with van der Waals surface area (Å²) in [6.45, 7) is 7.95. The number of ether oxygens (including phenoxy) is 2. The summed E-state index contributed by atoms with van der Waals surface area (Å²) in [7, 11) is 1.29. The standard InChI is InChI=1S/C39H40N4O7S2/c1-24-11-9-12-25(19-24)20-30(41-34(45)26-13-7-6-8-14-26)35(46)40-27-15-10-16-28(21-27)51-23-32(44)42-36-33(37(47)49-5)29-17-18-43(22-31(29)52-36)38(48)50-39(2,3)4/h6-16,19-21H,17-18,22-23H2,1-5H3,(H,40,46)(H,41,45)(H,42,44)/b30-20+. The zero-order valence-electron chi connectivity index (χ0n) is 29.5. The van der Waals surface area contributed by atoms with Crippen LogP contribution in [-0.2, 0) is 32.0 Å². The summed E-state index contributed by atoms with van der Waals surface area (Å²) in [5, 5.41) is 8.82. The lowest BCUT2D eigenvalue weighted by Gasteiger charge is -2.30. The number of hydrogen-bond acceptors (Lipinski definition) is 9. The van der Waals surface area contributed by atoms with Crippen molar-refractivity contribution in [3.8, 4) is 0 Å². The van der Waals surface area contributed by atoms with E-state index in [4.69, 9.17) is 9.47 Å². The summed E-state index contributed by atoms with van der Waals surface area (Å²) in [6, 6.07) is 23.2. The average Bonchev–Trinajstić information content (AvgIpc) is 3.46. The second kappa shape index (κ2) is 16.7. The number of amides is 4. The van der Waals surface area contributed by atoms with Crippen molar-refractivity contribution < 1.29 is 33.4 Å². The molecular formula is C39H40N4O7S2. The van der Waals surface area contributed by atoms with Gasteiger partial charge in [-0.25, -0.2) is 9.59 Å². The molecule has 0 fully saturated rings. The van der Waals surface area contributed by atoms with E-state index in [2.05, 4.69) is 16.0 Å². The number of methoxy groups -OCH3 is 1. The van der Waals surface area contributed by atoms with E-state index in [1.165, 1.54) is 30.2 Å². The largest absolute Gasteiger partial charge is 0.465 e. The number of benzene rings is 3. The van der Waals surface area contributed by atoms with Gasteiger partial charge in [0.15, 0.2) is 0 Å². The minimum Gasteiger partial charge on any atom is -0.465 e. The van der Waals surface area contributed by atoms with E-state index in [0.717, 1.165) is 21.6 Å². The highest BCUT2D eigenvalue weighted by molar-refractivity contribution is 8.00. The first-order valence-corrected chi connectivity index (χ1v) is 18.3. The molecule has 4 aromatic rings. The number of carbonyl (C=O) groups is 5. The van der Waals surface area contributed by atoms with E-state index in [1.807, 2.05) is 37.3 Å². The number of thioether (sulfide) groups is 1. The second-order valence-electron chi connectivity index (χ2n) is 13.0. The van der Waals surface area contributed by atoms with Crippen LogP contribution in [0.3, 0.4) is 0 Å². The maximum absolute atomic E-state index is 13.5. The molecule has 0 spiro atoms. The molecule has 0 bridgehead atoms. The first kappa shape index (κ1) is 37.8. The molecule has 0 saturated carbocycles. The van der Waals surface area contributed by atoms with Gasteiger partial charge in [0.2, 0.25) is 5.91 Å². The van der Waals surface area contributed by atoms with Crippen molar-refractivity contribution >= 4 is 69.6 Å². The van der Waals surface area contributed by atoms with Crippen molar-refractivity contribution in [3.63, 3.8) is 0 Å². The number of aryl methyl sites for hydroxylation is 1. The van der Waals surface area contributed by atoms with E-state index in [0.29, 0.717) is 39.7 Å². The molecule has 13 heteroatoms. The van der Waals surface area contributed by atoms with Crippen LogP contribution in [0.5, 0.6) is 0 Å². The third-order valence-corrected chi connectivity index (χ3v) is 9.82. The predicted molar refractivity (Wildman–Crippen MR) is 203 cm³/mol. The molecule has 0 radical (unpaired) electrons. The van der Waals surface area contributed by atoms with Crippen LogP contribution >= 0.6 is 23.1 Å². The number of rotatable bonds is 10. The van der Waals surface area contributed by atoms with Gasteiger partial charge in [-0.1, -0.05) is 54.1 Å². The number of nitrogens with zero attached hydrogens (tertiary/aromatic N) is 1. The van der Waals surface area contributed by atoms with Crippen LogP contribution in [0.15, 0.2) is 89.5 Å². The first-order chi connectivity index (χ1) is 24.8. The van der Waals surface area contributed by atoms with Gasteiger partial charge in [0.25, 0.3) is 11.8 Å². The number of esters is 1. The van der Waals surface area contributed by atoms with Gasteiger partial charge in [0, 0.05) is 27.6 Å². The molecule has 0 saturated heterocycles. The molecule has 3 aromatic carbocycles. The van der Waals surface area contributed by atoms with E-state index < -0.39 is 29.5 Å². The van der Waals surface area contributed by atoms with Gasteiger partial charge in [-0.3, -0.25) is 14.4 Å². The summed E-state index contributed by atoms with van der Waals surface area (Å²) in [4.78, 5) is 68.3. The maximum Gasteiger partial charge on any atom is 0.410 e. The fourth-order valence-corrected chi connectivity index (χ4v) is 7.36. The minimum absolute atomic E-state index is 0.0102. The van der Waals surface area contributed by atoms with Crippen LogP contribution in [0.1, 0.15) is 63.1 Å². The van der Waals surface area contributed by atoms with E-state index in [1.54, 1.807) is 80.3 Å². The van der Waals surface area contributed by atoms with E-state index >= 15 is 0 Å². The van der Waals surface area contributed by atoms with Crippen molar-refractivity contribution in [2.75, 3.05) is 30.0 Å². The lowest BCUT2D eigenvalue weighted by Crippen LogP contribution is -2.39. The number of hydrogen-bond donors (Lipinski definition) is 3. The Kier molecular flexibility index (Phi) is 12.2. The molecule has 0 aliphatic carbocycles. The van der Waals surface area contributed by atoms with Gasteiger partial charge in [-0.15, -0.1) is 23.1 Å². The lowest BCUT2D eigenvalue weighted by molar-refractivity contribution is -0.114. The summed E-state index contributed by atoms with van der Waals surface area (Å²) in [5.74, 6) is -1.85. The van der Waals surface area contributed by atoms with Gasteiger partial charge >= 0.3 is 12.1 Å². The smallest absolute Gasteiger partial charge is 0.410 e. The van der Waals surface area contributed by atoms with Crippen molar-refractivity contribution in [2.24, 2.45) is 0 Å². The van der Waals surface area contributed by atoms with Crippen LogP contribution in [0.25, 0.3) is 6.08 Å². The molecule has 1 aliphatic heterocycles. The van der Waals surface area contributed by atoms with E-state index in [-0.39, 0.29) is 23.9 Å². The van der Waals surface area contributed by atoms with Crippen LogP contribution < -0.4 is 16.0 Å². The van der Waals surface area contributed by atoms with Crippen LogP contribution in [-0.4, -0.2) is 59.7 Å². The highest BCUT2D eigenvalue weighted by Gasteiger charge is 2.32.